The molecule has 0 saturated carbocycles. The minimum absolute atomic E-state index is 0.495. The highest BCUT2D eigenvalue weighted by molar-refractivity contribution is 5.06. The average molecular weight is 165 g/mol. The van der Waals surface area contributed by atoms with Crippen LogP contribution in [0.25, 0.3) is 0 Å². The Hall–Kier alpha value is -0.830. The second-order valence-corrected chi connectivity index (χ2v) is 3.49. The molecule has 0 aliphatic carbocycles. The van der Waals surface area contributed by atoms with Gasteiger partial charge in [-0.05, 0) is 19.8 Å². The van der Waals surface area contributed by atoms with Crippen LogP contribution in [0.4, 0.5) is 0 Å². The summed E-state index contributed by atoms with van der Waals surface area (Å²) >= 11 is 0. The van der Waals surface area contributed by atoms with Crippen molar-refractivity contribution in [1.29, 1.82) is 0 Å². The molecule has 1 aromatic heterocycles. The van der Waals surface area contributed by atoms with Gasteiger partial charge in [0.2, 0.25) is 0 Å². The van der Waals surface area contributed by atoms with E-state index in [1.54, 1.807) is 0 Å². The van der Waals surface area contributed by atoms with Gasteiger partial charge in [0.25, 0.3) is 0 Å². The van der Waals surface area contributed by atoms with Gasteiger partial charge < -0.3 is 10.3 Å². The number of rotatable bonds is 1. The first-order chi connectivity index (χ1) is 5.81. The Morgan fingerprint density at radius 3 is 3.33 bits per heavy atom. The Morgan fingerprint density at radius 2 is 2.58 bits per heavy atom. The first kappa shape index (κ1) is 7.80. The van der Waals surface area contributed by atoms with Gasteiger partial charge in [0.05, 0.1) is 5.69 Å². The fourth-order valence-corrected chi connectivity index (χ4v) is 1.93. The summed E-state index contributed by atoms with van der Waals surface area (Å²) in [5.74, 6) is 1.22. The van der Waals surface area contributed by atoms with Crippen LogP contribution in [-0.2, 0) is 6.42 Å². The van der Waals surface area contributed by atoms with Gasteiger partial charge in [-0.25, -0.2) is 4.98 Å². The fraction of sp³-hybridized carbons (Fsp3) is 0.667. The molecule has 0 radical (unpaired) electrons. The molecular weight excluding hydrogens is 150 g/mol. The molecule has 2 N–H and O–H groups in total. The SMILES string of the molecule is Cc1cn2c(n1)CCCC2CN. The third-order valence-corrected chi connectivity index (χ3v) is 2.53. The summed E-state index contributed by atoms with van der Waals surface area (Å²) in [4.78, 5) is 4.46. The highest BCUT2D eigenvalue weighted by Crippen LogP contribution is 2.23. The van der Waals surface area contributed by atoms with Crippen molar-refractivity contribution in [2.75, 3.05) is 6.54 Å². The van der Waals surface area contributed by atoms with E-state index in [0.29, 0.717) is 6.04 Å². The summed E-state index contributed by atoms with van der Waals surface area (Å²) in [5.41, 5.74) is 6.79. The first-order valence-corrected chi connectivity index (χ1v) is 4.55. The van der Waals surface area contributed by atoms with Crippen molar-refractivity contribution in [3.63, 3.8) is 0 Å². The molecule has 1 aromatic rings. The van der Waals surface area contributed by atoms with E-state index in [0.717, 1.165) is 18.7 Å². The summed E-state index contributed by atoms with van der Waals surface area (Å²) in [7, 11) is 0. The smallest absolute Gasteiger partial charge is 0.109 e. The molecule has 0 bridgehead atoms. The van der Waals surface area contributed by atoms with Crippen LogP contribution < -0.4 is 5.73 Å². The lowest BCUT2D eigenvalue weighted by molar-refractivity contribution is 0.404. The molecule has 0 saturated heterocycles. The van der Waals surface area contributed by atoms with Crippen molar-refractivity contribution in [3.8, 4) is 0 Å². The average Bonchev–Trinajstić information content (AvgIpc) is 2.44. The number of hydrogen-bond donors (Lipinski definition) is 1. The molecule has 0 aromatic carbocycles. The number of aromatic nitrogens is 2. The summed E-state index contributed by atoms with van der Waals surface area (Å²) in [5, 5.41) is 0. The highest BCUT2D eigenvalue weighted by Gasteiger charge is 2.18. The number of hydrogen-bond acceptors (Lipinski definition) is 2. The predicted octanol–water partition coefficient (Wildman–Crippen LogP) is 1.03. The zero-order valence-electron chi connectivity index (χ0n) is 7.45. The van der Waals surface area contributed by atoms with E-state index in [9.17, 15) is 0 Å². The minimum atomic E-state index is 0.495. The summed E-state index contributed by atoms with van der Waals surface area (Å²) in [6, 6.07) is 0.495. The maximum Gasteiger partial charge on any atom is 0.109 e. The highest BCUT2D eigenvalue weighted by atomic mass is 15.1. The molecule has 66 valence electrons. The van der Waals surface area contributed by atoms with Gasteiger partial charge in [-0.3, -0.25) is 0 Å². The van der Waals surface area contributed by atoms with Crippen molar-refractivity contribution in [2.24, 2.45) is 5.73 Å². The fourth-order valence-electron chi connectivity index (χ4n) is 1.93. The molecule has 3 nitrogen and oxygen atoms in total. The van der Waals surface area contributed by atoms with Crippen LogP contribution in [0, 0.1) is 6.92 Å². The second kappa shape index (κ2) is 2.90. The topological polar surface area (TPSA) is 43.8 Å². The molecular formula is C9H15N3. The van der Waals surface area contributed by atoms with Gasteiger partial charge in [0.15, 0.2) is 0 Å². The minimum Gasteiger partial charge on any atom is -0.330 e. The molecule has 0 fully saturated rings. The van der Waals surface area contributed by atoms with Crippen LogP contribution >= 0.6 is 0 Å². The van der Waals surface area contributed by atoms with E-state index in [2.05, 4.69) is 15.7 Å². The van der Waals surface area contributed by atoms with E-state index in [1.165, 1.54) is 18.7 Å². The summed E-state index contributed by atoms with van der Waals surface area (Å²) in [6.07, 6.45) is 5.67. The quantitative estimate of drug-likeness (QED) is 0.675. The normalized spacial score (nSPS) is 22.3. The van der Waals surface area contributed by atoms with Crippen LogP contribution in [0.15, 0.2) is 6.20 Å². The molecule has 1 aliphatic heterocycles. The van der Waals surface area contributed by atoms with E-state index >= 15 is 0 Å². The van der Waals surface area contributed by atoms with Gasteiger partial charge >= 0.3 is 0 Å². The zero-order valence-corrected chi connectivity index (χ0v) is 7.45. The van der Waals surface area contributed by atoms with Crippen molar-refractivity contribution in [1.82, 2.24) is 9.55 Å². The van der Waals surface area contributed by atoms with Crippen LogP contribution in [0.3, 0.4) is 0 Å². The lowest BCUT2D eigenvalue weighted by Crippen LogP contribution is -2.24. The largest absolute Gasteiger partial charge is 0.330 e. The van der Waals surface area contributed by atoms with Crippen molar-refractivity contribution >= 4 is 0 Å². The van der Waals surface area contributed by atoms with Crippen molar-refractivity contribution in [2.45, 2.75) is 32.2 Å². The van der Waals surface area contributed by atoms with E-state index < -0.39 is 0 Å². The lowest BCUT2D eigenvalue weighted by Gasteiger charge is -2.23. The van der Waals surface area contributed by atoms with E-state index in [4.69, 9.17) is 5.73 Å². The molecule has 0 amide bonds. The van der Waals surface area contributed by atoms with E-state index in [1.807, 2.05) is 6.92 Å². The molecule has 0 spiro atoms. The number of aryl methyl sites for hydroxylation is 2. The predicted molar refractivity (Wildman–Crippen MR) is 48.0 cm³/mol. The molecule has 12 heavy (non-hydrogen) atoms. The second-order valence-electron chi connectivity index (χ2n) is 3.49. The van der Waals surface area contributed by atoms with Gasteiger partial charge in [0.1, 0.15) is 5.82 Å². The Labute approximate surface area is 72.6 Å². The molecule has 1 atom stereocenters. The number of imidazole rings is 1. The van der Waals surface area contributed by atoms with Gasteiger partial charge in [-0.2, -0.15) is 0 Å². The Balaban J connectivity index is 2.36. The van der Waals surface area contributed by atoms with Crippen molar-refractivity contribution < 1.29 is 0 Å². The lowest BCUT2D eigenvalue weighted by atomic mass is 10.1. The summed E-state index contributed by atoms with van der Waals surface area (Å²) in [6.45, 7) is 2.78. The Bertz CT molecular complexity index is 277. The Morgan fingerprint density at radius 1 is 1.75 bits per heavy atom. The monoisotopic (exact) mass is 165 g/mol. The maximum atomic E-state index is 5.68. The number of nitrogens with two attached hydrogens (primary N) is 1. The standard InChI is InChI=1S/C9H15N3/c1-7-6-12-8(5-10)3-2-4-9(12)11-7/h6,8H,2-5,10H2,1H3. The summed E-state index contributed by atoms with van der Waals surface area (Å²) < 4.78 is 2.25. The van der Waals surface area contributed by atoms with E-state index in [-0.39, 0.29) is 0 Å². The molecule has 1 aliphatic rings. The molecule has 2 rings (SSSR count). The van der Waals surface area contributed by atoms with Crippen LogP contribution in [-0.4, -0.2) is 16.1 Å². The third kappa shape index (κ3) is 1.14. The Kier molecular flexibility index (Phi) is 1.89. The number of nitrogens with zero attached hydrogens (tertiary/aromatic N) is 2. The van der Waals surface area contributed by atoms with Crippen LogP contribution in [0.1, 0.15) is 30.4 Å². The van der Waals surface area contributed by atoms with Crippen LogP contribution in [0.5, 0.6) is 0 Å². The first-order valence-electron chi connectivity index (χ1n) is 4.55. The van der Waals surface area contributed by atoms with Gasteiger partial charge in [-0.15, -0.1) is 0 Å². The van der Waals surface area contributed by atoms with Crippen molar-refractivity contribution in [3.05, 3.63) is 17.7 Å². The molecule has 3 heteroatoms. The third-order valence-electron chi connectivity index (χ3n) is 2.53. The van der Waals surface area contributed by atoms with Gasteiger partial charge in [0, 0.05) is 25.2 Å². The zero-order chi connectivity index (χ0) is 8.55. The maximum absolute atomic E-state index is 5.68. The van der Waals surface area contributed by atoms with Gasteiger partial charge in [-0.1, -0.05) is 0 Å². The molecule has 2 heterocycles. The molecule has 1 unspecified atom stereocenters. The number of fused-ring (bicyclic) bond motifs is 1. The van der Waals surface area contributed by atoms with Crippen LogP contribution in [0.2, 0.25) is 0 Å².